The van der Waals surface area contributed by atoms with Gasteiger partial charge in [-0.05, 0) is 18.3 Å². The van der Waals surface area contributed by atoms with Crippen LogP contribution >= 0.6 is 0 Å². The van der Waals surface area contributed by atoms with Gasteiger partial charge in [0.25, 0.3) is 0 Å². The maximum atomic E-state index is 9.60. The summed E-state index contributed by atoms with van der Waals surface area (Å²) in [6.07, 6.45) is 1.50. The molecule has 0 aromatic carbocycles. The molecule has 0 aromatic heterocycles. The molecule has 2 rings (SSSR count). The van der Waals surface area contributed by atoms with E-state index in [1.807, 2.05) is 0 Å². The van der Waals surface area contributed by atoms with Crippen LogP contribution in [0.15, 0.2) is 0 Å². The van der Waals surface area contributed by atoms with Crippen molar-refractivity contribution >= 4 is 0 Å². The first-order valence-corrected chi connectivity index (χ1v) is 4.58. The maximum absolute atomic E-state index is 9.60. The monoisotopic (exact) mass is 172 g/mol. The fraction of sp³-hybridized carbons (Fsp3) is 1.00. The third-order valence-electron chi connectivity index (χ3n) is 3.18. The maximum Gasteiger partial charge on any atom is 0.158 e. The smallest absolute Gasteiger partial charge is 0.158 e. The van der Waals surface area contributed by atoms with Crippen molar-refractivity contribution in [2.45, 2.75) is 38.3 Å². The van der Waals surface area contributed by atoms with Crippen molar-refractivity contribution in [3.8, 4) is 0 Å². The Bertz CT molecular complexity index is 155. The van der Waals surface area contributed by atoms with Gasteiger partial charge in [0, 0.05) is 13.5 Å². The van der Waals surface area contributed by atoms with Crippen LogP contribution < -0.4 is 0 Å². The lowest BCUT2D eigenvalue weighted by molar-refractivity contribution is -0.136. The Hall–Kier alpha value is -0.120. The molecule has 1 unspecified atom stereocenters. The van der Waals surface area contributed by atoms with E-state index in [4.69, 9.17) is 9.47 Å². The minimum Gasteiger partial charge on any atom is -0.390 e. The zero-order valence-corrected chi connectivity index (χ0v) is 7.56. The Labute approximate surface area is 72.7 Å². The summed E-state index contributed by atoms with van der Waals surface area (Å²) in [7, 11) is 1.66. The number of ether oxygens (including phenoxy) is 2. The number of aliphatic hydroxyl groups is 1. The molecular weight excluding hydrogens is 156 g/mol. The second kappa shape index (κ2) is 2.98. The zero-order chi connectivity index (χ0) is 8.72. The van der Waals surface area contributed by atoms with Gasteiger partial charge in [-0.25, -0.2) is 0 Å². The Morgan fingerprint density at radius 2 is 2.17 bits per heavy atom. The molecule has 0 bridgehead atoms. The average Bonchev–Trinajstić information content (AvgIpc) is 2.55. The Morgan fingerprint density at radius 1 is 1.42 bits per heavy atom. The molecule has 3 nitrogen and oxygen atoms in total. The van der Waals surface area contributed by atoms with Crippen LogP contribution in [0.5, 0.6) is 0 Å². The molecule has 0 amide bonds. The standard InChI is InChI=1S/C9H16O3/c1-5-3-7(10)9-6(5)4-8(11-2)12-9/h5-10H,3-4H2,1-2H3/t5-,6+,7-,8?,9+/m1/s1. The molecule has 1 saturated carbocycles. The van der Waals surface area contributed by atoms with Gasteiger partial charge in [-0.3, -0.25) is 0 Å². The predicted octanol–water partition coefficient (Wildman–Crippen LogP) is 0.765. The summed E-state index contributed by atoms with van der Waals surface area (Å²) in [6.45, 7) is 2.18. The molecule has 0 spiro atoms. The Balaban J connectivity index is 2.04. The van der Waals surface area contributed by atoms with E-state index >= 15 is 0 Å². The molecule has 0 radical (unpaired) electrons. The number of hydrogen-bond donors (Lipinski definition) is 1. The van der Waals surface area contributed by atoms with Crippen molar-refractivity contribution in [3.63, 3.8) is 0 Å². The number of hydrogen-bond acceptors (Lipinski definition) is 3. The lowest BCUT2D eigenvalue weighted by Gasteiger charge is -2.13. The molecule has 70 valence electrons. The molecule has 5 atom stereocenters. The van der Waals surface area contributed by atoms with E-state index in [0.29, 0.717) is 11.8 Å². The van der Waals surface area contributed by atoms with Crippen LogP contribution in [0.25, 0.3) is 0 Å². The van der Waals surface area contributed by atoms with Crippen molar-refractivity contribution in [1.82, 2.24) is 0 Å². The summed E-state index contributed by atoms with van der Waals surface area (Å²) in [5.74, 6) is 1.08. The predicted molar refractivity (Wildman–Crippen MR) is 43.6 cm³/mol. The Kier molecular flexibility index (Phi) is 2.10. The third kappa shape index (κ3) is 1.16. The summed E-state index contributed by atoms with van der Waals surface area (Å²) in [6, 6.07) is 0. The fourth-order valence-electron chi connectivity index (χ4n) is 2.46. The van der Waals surface area contributed by atoms with E-state index in [2.05, 4.69) is 6.92 Å². The van der Waals surface area contributed by atoms with E-state index in [0.717, 1.165) is 12.8 Å². The fourth-order valence-corrected chi connectivity index (χ4v) is 2.46. The average molecular weight is 172 g/mol. The normalized spacial score (nSPS) is 52.8. The van der Waals surface area contributed by atoms with Crippen LogP contribution in [0, 0.1) is 11.8 Å². The van der Waals surface area contributed by atoms with Crippen LogP contribution in [0.2, 0.25) is 0 Å². The van der Waals surface area contributed by atoms with Crippen molar-refractivity contribution in [1.29, 1.82) is 0 Å². The van der Waals surface area contributed by atoms with E-state index in [-0.39, 0.29) is 18.5 Å². The highest BCUT2D eigenvalue weighted by molar-refractivity contribution is 4.94. The summed E-state index contributed by atoms with van der Waals surface area (Å²) in [5.41, 5.74) is 0. The molecule has 0 aromatic rings. The number of rotatable bonds is 1. The van der Waals surface area contributed by atoms with Gasteiger partial charge in [0.05, 0.1) is 12.2 Å². The highest BCUT2D eigenvalue weighted by Crippen LogP contribution is 2.42. The molecule has 1 aliphatic heterocycles. The summed E-state index contributed by atoms with van der Waals surface area (Å²) >= 11 is 0. The second-order valence-electron chi connectivity index (χ2n) is 3.95. The third-order valence-corrected chi connectivity index (χ3v) is 3.18. The van der Waals surface area contributed by atoms with Crippen molar-refractivity contribution in [2.24, 2.45) is 11.8 Å². The first kappa shape index (κ1) is 8.48. The lowest BCUT2D eigenvalue weighted by atomic mass is 9.95. The van der Waals surface area contributed by atoms with E-state index in [1.165, 1.54) is 0 Å². The first-order valence-electron chi connectivity index (χ1n) is 4.58. The van der Waals surface area contributed by atoms with Crippen LogP contribution in [-0.2, 0) is 9.47 Å². The minimum absolute atomic E-state index is 0.0324. The van der Waals surface area contributed by atoms with Gasteiger partial charge in [-0.2, -0.15) is 0 Å². The van der Waals surface area contributed by atoms with Crippen LogP contribution in [0.3, 0.4) is 0 Å². The molecule has 1 heterocycles. The van der Waals surface area contributed by atoms with Gasteiger partial charge in [0.2, 0.25) is 0 Å². The SMILES string of the molecule is COC1C[C@@H]2[C@H](O1)[C@H](O)C[C@H]2C. The van der Waals surface area contributed by atoms with Gasteiger partial charge in [-0.15, -0.1) is 0 Å². The highest BCUT2D eigenvalue weighted by atomic mass is 16.7. The molecule has 2 fully saturated rings. The summed E-state index contributed by atoms with van der Waals surface area (Å²) in [5, 5.41) is 9.60. The van der Waals surface area contributed by atoms with Gasteiger partial charge in [-0.1, -0.05) is 6.92 Å². The van der Waals surface area contributed by atoms with Crippen LogP contribution in [0.1, 0.15) is 19.8 Å². The van der Waals surface area contributed by atoms with Crippen LogP contribution in [-0.4, -0.2) is 30.7 Å². The second-order valence-corrected chi connectivity index (χ2v) is 3.95. The molecule has 1 saturated heterocycles. The molecule has 3 heteroatoms. The zero-order valence-electron chi connectivity index (χ0n) is 7.56. The first-order chi connectivity index (χ1) is 5.72. The van der Waals surface area contributed by atoms with E-state index in [1.54, 1.807) is 7.11 Å². The lowest BCUT2D eigenvalue weighted by Crippen LogP contribution is -2.24. The highest BCUT2D eigenvalue weighted by Gasteiger charge is 2.47. The molecular formula is C9H16O3. The minimum atomic E-state index is -0.273. The number of methoxy groups -OCH3 is 1. The van der Waals surface area contributed by atoms with Gasteiger partial charge >= 0.3 is 0 Å². The molecule has 12 heavy (non-hydrogen) atoms. The van der Waals surface area contributed by atoms with E-state index in [9.17, 15) is 5.11 Å². The quantitative estimate of drug-likeness (QED) is 0.634. The van der Waals surface area contributed by atoms with Gasteiger partial charge in [0.15, 0.2) is 6.29 Å². The van der Waals surface area contributed by atoms with Crippen molar-refractivity contribution < 1.29 is 14.6 Å². The molecule has 1 N–H and O–H groups in total. The van der Waals surface area contributed by atoms with Gasteiger partial charge in [0.1, 0.15) is 0 Å². The van der Waals surface area contributed by atoms with E-state index < -0.39 is 0 Å². The molecule has 2 aliphatic rings. The Morgan fingerprint density at radius 3 is 2.75 bits per heavy atom. The van der Waals surface area contributed by atoms with Crippen molar-refractivity contribution in [3.05, 3.63) is 0 Å². The summed E-state index contributed by atoms with van der Waals surface area (Å²) < 4.78 is 10.7. The van der Waals surface area contributed by atoms with Gasteiger partial charge < -0.3 is 14.6 Å². The molecule has 1 aliphatic carbocycles. The topological polar surface area (TPSA) is 38.7 Å². The number of fused-ring (bicyclic) bond motifs is 1. The number of aliphatic hydroxyl groups excluding tert-OH is 1. The largest absolute Gasteiger partial charge is 0.390 e. The van der Waals surface area contributed by atoms with Crippen molar-refractivity contribution in [2.75, 3.05) is 7.11 Å². The summed E-state index contributed by atoms with van der Waals surface area (Å²) in [4.78, 5) is 0. The van der Waals surface area contributed by atoms with Crippen LogP contribution in [0.4, 0.5) is 0 Å².